The second-order valence-electron chi connectivity index (χ2n) is 8.49. The first kappa shape index (κ1) is 23.1. The molecule has 0 amide bonds. The maximum Gasteiger partial charge on any atom is 0.335 e. The summed E-state index contributed by atoms with van der Waals surface area (Å²) in [7, 11) is 0. The van der Waals surface area contributed by atoms with E-state index in [-0.39, 0.29) is 17.6 Å². The van der Waals surface area contributed by atoms with Gasteiger partial charge in [0.2, 0.25) is 0 Å². The summed E-state index contributed by atoms with van der Waals surface area (Å²) in [5.74, 6) is -0.944. The van der Waals surface area contributed by atoms with Crippen molar-refractivity contribution >= 4 is 40.6 Å². The molecule has 35 heavy (non-hydrogen) atoms. The number of nitrogens with zero attached hydrogens (tertiary/aromatic N) is 3. The highest BCUT2D eigenvalue weighted by Crippen LogP contribution is 2.43. The molecular weight excluding hydrogens is 480 g/mol. The van der Waals surface area contributed by atoms with Gasteiger partial charge in [-0.1, -0.05) is 17.7 Å². The molecule has 0 unspecified atom stereocenters. The highest BCUT2D eigenvalue weighted by atomic mass is 35.5. The molecule has 8 heteroatoms. The Morgan fingerprint density at radius 3 is 2.34 bits per heavy atom. The molecule has 2 N–H and O–H groups in total. The second kappa shape index (κ2) is 9.17. The van der Waals surface area contributed by atoms with Crippen molar-refractivity contribution in [2.75, 3.05) is 4.90 Å². The molecule has 2 aromatic carbocycles. The van der Waals surface area contributed by atoms with Gasteiger partial charge in [-0.25, -0.2) is 4.79 Å². The van der Waals surface area contributed by atoms with Crippen molar-refractivity contribution in [2.45, 2.75) is 25.9 Å². The van der Waals surface area contributed by atoms with Crippen molar-refractivity contribution in [2.24, 2.45) is 0 Å². The highest BCUT2D eigenvalue weighted by molar-refractivity contribution is 7.80. The molecule has 176 valence electrons. The number of benzene rings is 2. The van der Waals surface area contributed by atoms with Crippen LogP contribution in [0.1, 0.15) is 45.1 Å². The number of hydrogen-bond donors (Lipinski definition) is 2. The van der Waals surface area contributed by atoms with Crippen LogP contribution in [0.3, 0.4) is 0 Å². The quantitative estimate of drug-likeness (QED) is 0.325. The van der Waals surface area contributed by atoms with Crippen molar-refractivity contribution in [3.05, 3.63) is 112 Å². The topological polar surface area (TPSA) is 70.4 Å². The molecule has 6 nitrogen and oxygen atoms in total. The normalized spacial score (nSPS) is 17.5. The van der Waals surface area contributed by atoms with E-state index in [1.54, 1.807) is 18.3 Å². The lowest BCUT2D eigenvalue weighted by Gasteiger charge is -2.28. The lowest BCUT2D eigenvalue weighted by Crippen LogP contribution is -2.29. The van der Waals surface area contributed by atoms with Gasteiger partial charge in [-0.05, 0) is 98.4 Å². The monoisotopic (exact) mass is 502 g/mol. The van der Waals surface area contributed by atoms with Gasteiger partial charge in [0.25, 0.3) is 0 Å². The molecule has 0 radical (unpaired) electrons. The number of aromatic carboxylic acids is 1. The SMILES string of the molecule is Cc1cc([C@H]2[C@@H](c3ccccn3)NC(=S)N2c2ccc(Cl)cc2)c(C)n1-c1ccc(C(=O)O)cc1. The van der Waals surface area contributed by atoms with Crippen LogP contribution < -0.4 is 10.2 Å². The summed E-state index contributed by atoms with van der Waals surface area (Å²) in [5, 5.41) is 14.0. The Bertz CT molecular complexity index is 1400. The van der Waals surface area contributed by atoms with Crippen LogP contribution in [-0.2, 0) is 0 Å². The van der Waals surface area contributed by atoms with Gasteiger partial charge in [0, 0.05) is 34.0 Å². The number of nitrogens with one attached hydrogen (secondary N) is 1. The predicted molar refractivity (Wildman–Crippen MR) is 142 cm³/mol. The summed E-state index contributed by atoms with van der Waals surface area (Å²) >= 11 is 12.0. The minimum Gasteiger partial charge on any atom is -0.478 e. The third kappa shape index (κ3) is 4.17. The number of carboxylic acids is 1. The van der Waals surface area contributed by atoms with Gasteiger partial charge >= 0.3 is 5.97 Å². The van der Waals surface area contributed by atoms with E-state index >= 15 is 0 Å². The molecule has 2 aromatic heterocycles. The molecule has 5 rings (SSSR count). The Balaban J connectivity index is 1.65. The molecule has 4 aromatic rings. The first-order chi connectivity index (χ1) is 16.8. The first-order valence-electron chi connectivity index (χ1n) is 11.1. The number of anilines is 1. The van der Waals surface area contributed by atoms with Gasteiger partial charge in [-0.2, -0.15) is 0 Å². The van der Waals surface area contributed by atoms with Crippen molar-refractivity contribution in [1.29, 1.82) is 0 Å². The molecule has 1 fully saturated rings. The van der Waals surface area contributed by atoms with Crippen LogP contribution in [0.5, 0.6) is 0 Å². The van der Waals surface area contributed by atoms with E-state index in [4.69, 9.17) is 23.8 Å². The van der Waals surface area contributed by atoms with E-state index in [1.165, 1.54) is 0 Å². The molecule has 3 heterocycles. The summed E-state index contributed by atoms with van der Waals surface area (Å²) in [5.41, 5.74) is 6.17. The second-order valence-corrected chi connectivity index (χ2v) is 9.31. The van der Waals surface area contributed by atoms with Gasteiger partial charge in [0.05, 0.1) is 23.3 Å². The number of carboxylic acid groups (broad SMARTS) is 1. The van der Waals surface area contributed by atoms with Crippen molar-refractivity contribution < 1.29 is 9.90 Å². The lowest BCUT2D eigenvalue weighted by molar-refractivity contribution is 0.0697. The number of hydrogen-bond acceptors (Lipinski definition) is 3. The number of halogens is 1. The van der Waals surface area contributed by atoms with E-state index in [9.17, 15) is 9.90 Å². The molecule has 0 spiro atoms. The van der Waals surface area contributed by atoms with Crippen molar-refractivity contribution in [3.8, 4) is 5.69 Å². The lowest BCUT2D eigenvalue weighted by atomic mass is 9.96. The number of thiocarbonyl (C=S) groups is 1. The van der Waals surface area contributed by atoms with Gasteiger partial charge in [-0.15, -0.1) is 0 Å². The number of pyridine rings is 1. The van der Waals surface area contributed by atoms with E-state index in [0.717, 1.165) is 34.0 Å². The zero-order valence-corrected chi connectivity index (χ0v) is 20.7. The van der Waals surface area contributed by atoms with Crippen molar-refractivity contribution in [1.82, 2.24) is 14.9 Å². The highest BCUT2D eigenvalue weighted by Gasteiger charge is 2.42. The van der Waals surface area contributed by atoms with Crippen LogP contribution in [0.2, 0.25) is 5.02 Å². The zero-order valence-electron chi connectivity index (χ0n) is 19.1. The van der Waals surface area contributed by atoms with Gasteiger partial charge in [-0.3, -0.25) is 4.98 Å². The molecular formula is C27H23ClN4O2S. The molecule has 0 bridgehead atoms. The first-order valence-corrected chi connectivity index (χ1v) is 11.9. The minimum absolute atomic E-state index is 0.156. The van der Waals surface area contributed by atoms with Crippen molar-refractivity contribution in [3.63, 3.8) is 0 Å². The van der Waals surface area contributed by atoms with E-state index < -0.39 is 5.97 Å². The maximum absolute atomic E-state index is 11.3. The van der Waals surface area contributed by atoms with Crippen LogP contribution in [0.25, 0.3) is 5.69 Å². The van der Waals surface area contributed by atoms with Crippen LogP contribution in [0, 0.1) is 13.8 Å². The zero-order chi connectivity index (χ0) is 24.7. The van der Waals surface area contributed by atoms with Gasteiger partial charge in [0.1, 0.15) is 0 Å². The summed E-state index contributed by atoms with van der Waals surface area (Å²) in [6.45, 7) is 4.12. The summed E-state index contributed by atoms with van der Waals surface area (Å²) < 4.78 is 2.14. The van der Waals surface area contributed by atoms with E-state index in [2.05, 4.69) is 32.8 Å². The number of aromatic nitrogens is 2. The van der Waals surface area contributed by atoms with E-state index in [1.807, 2.05) is 61.5 Å². The fraction of sp³-hybridized carbons (Fsp3) is 0.148. The molecule has 2 atom stereocenters. The Hall–Kier alpha value is -3.68. The molecule has 1 aliphatic rings. The number of aryl methyl sites for hydroxylation is 1. The summed E-state index contributed by atoms with van der Waals surface area (Å²) in [6, 6.07) is 22.3. The van der Waals surface area contributed by atoms with Crippen LogP contribution in [-0.4, -0.2) is 25.7 Å². The van der Waals surface area contributed by atoms with Crippen LogP contribution >= 0.6 is 23.8 Å². The fourth-order valence-corrected chi connectivity index (χ4v) is 5.26. The van der Waals surface area contributed by atoms with Crippen LogP contribution in [0.4, 0.5) is 5.69 Å². The Labute approximate surface area is 213 Å². The minimum atomic E-state index is -0.944. The average molecular weight is 503 g/mol. The molecule has 1 aliphatic heterocycles. The molecule has 1 saturated heterocycles. The standard InChI is InChI=1S/C27H23ClN4O2S/c1-16-15-22(17(2)31(16)20-10-6-18(7-11-20)26(33)34)25-24(23-5-3-4-14-29-23)30-27(35)32(25)21-12-8-19(28)9-13-21/h3-15,24-25H,1-2H3,(H,30,35)(H,33,34)/t24-,25+/m1/s1. The molecule has 0 saturated carbocycles. The van der Waals surface area contributed by atoms with Crippen LogP contribution in [0.15, 0.2) is 79.0 Å². The molecule has 0 aliphatic carbocycles. The Morgan fingerprint density at radius 1 is 1.03 bits per heavy atom. The predicted octanol–water partition coefficient (Wildman–Crippen LogP) is 6.02. The summed E-state index contributed by atoms with van der Waals surface area (Å²) in [4.78, 5) is 18.0. The number of rotatable bonds is 5. The van der Waals surface area contributed by atoms with E-state index in [0.29, 0.717) is 10.1 Å². The Kier molecular flexibility index (Phi) is 6.05. The fourth-order valence-electron chi connectivity index (χ4n) is 4.79. The third-order valence-corrected chi connectivity index (χ3v) is 6.93. The average Bonchev–Trinajstić information content (AvgIpc) is 3.35. The Morgan fingerprint density at radius 2 is 1.71 bits per heavy atom. The summed E-state index contributed by atoms with van der Waals surface area (Å²) in [6.07, 6.45) is 1.79. The third-order valence-electron chi connectivity index (χ3n) is 6.36. The largest absolute Gasteiger partial charge is 0.478 e. The smallest absolute Gasteiger partial charge is 0.335 e. The van der Waals surface area contributed by atoms with Gasteiger partial charge < -0.3 is 19.9 Å². The number of carbonyl (C=O) groups is 1. The maximum atomic E-state index is 11.3. The van der Waals surface area contributed by atoms with Gasteiger partial charge in [0.15, 0.2) is 5.11 Å².